The SMILES string of the molecule is CNc1c2c(nn1C)CCC2. The molecule has 0 radical (unpaired) electrons. The van der Waals surface area contributed by atoms with E-state index < -0.39 is 0 Å². The van der Waals surface area contributed by atoms with E-state index in [2.05, 4.69) is 10.4 Å². The molecule has 1 aromatic rings. The zero-order valence-corrected chi connectivity index (χ0v) is 7.02. The number of hydrogen-bond donors (Lipinski definition) is 1. The lowest BCUT2D eigenvalue weighted by Gasteiger charge is -2.01. The minimum absolute atomic E-state index is 1.16. The maximum Gasteiger partial charge on any atom is 0.127 e. The lowest BCUT2D eigenvalue weighted by Crippen LogP contribution is -2.00. The highest BCUT2D eigenvalue weighted by Gasteiger charge is 2.19. The Labute approximate surface area is 66.4 Å². The number of aryl methyl sites for hydroxylation is 2. The summed E-state index contributed by atoms with van der Waals surface area (Å²) in [6.45, 7) is 0. The van der Waals surface area contributed by atoms with Crippen molar-refractivity contribution in [2.24, 2.45) is 7.05 Å². The molecule has 11 heavy (non-hydrogen) atoms. The molecular weight excluding hydrogens is 138 g/mol. The van der Waals surface area contributed by atoms with Gasteiger partial charge in [0.2, 0.25) is 0 Å². The van der Waals surface area contributed by atoms with Gasteiger partial charge in [0.1, 0.15) is 5.82 Å². The highest BCUT2D eigenvalue weighted by Crippen LogP contribution is 2.27. The van der Waals surface area contributed by atoms with Gasteiger partial charge < -0.3 is 5.32 Å². The maximum absolute atomic E-state index is 4.42. The van der Waals surface area contributed by atoms with Gasteiger partial charge in [-0.1, -0.05) is 0 Å². The van der Waals surface area contributed by atoms with Gasteiger partial charge in [-0.3, -0.25) is 4.68 Å². The Balaban J connectivity index is 2.52. The van der Waals surface area contributed by atoms with Crippen LogP contribution in [0.4, 0.5) is 5.82 Å². The van der Waals surface area contributed by atoms with E-state index >= 15 is 0 Å². The predicted molar refractivity (Wildman–Crippen MR) is 44.8 cm³/mol. The van der Waals surface area contributed by atoms with E-state index in [1.54, 1.807) is 0 Å². The summed E-state index contributed by atoms with van der Waals surface area (Å²) in [7, 11) is 3.94. The molecule has 3 nitrogen and oxygen atoms in total. The predicted octanol–water partition coefficient (Wildman–Crippen LogP) is 0.950. The Morgan fingerprint density at radius 2 is 2.27 bits per heavy atom. The lowest BCUT2D eigenvalue weighted by molar-refractivity contribution is 0.734. The molecule has 0 aliphatic heterocycles. The molecule has 1 heterocycles. The van der Waals surface area contributed by atoms with E-state index in [1.807, 2.05) is 18.8 Å². The second-order valence-corrected chi connectivity index (χ2v) is 3.00. The summed E-state index contributed by atoms with van der Waals surface area (Å²) in [4.78, 5) is 0. The average molecular weight is 151 g/mol. The Hall–Kier alpha value is -0.990. The summed E-state index contributed by atoms with van der Waals surface area (Å²) >= 11 is 0. The highest BCUT2D eigenvalue weighted by molar-refractivity contribution is 5.49. The Morgan fingerprint density at radius 3 is 3.00 bits per heavy atom. The normalized spacial score (nSPS) is 15.1. The number of anilines is 1. The molecule has 0 aromatic carbocycles. The van der Waals surface area contributed by atoms with Crippen molar-refractivity contribution in [2.45, 2.75) is 19.3 Å². The van der Waals surface area contributed by atoms with Crippen LogP contribution in [0.2, 0.25) is 0 Å². The third-order valence-corrected chi connectivity index (χ3v) is 2.31. The van der Waals surface area contributed by atoms with Gasteiger partial charge in [0.05, 0.1) is 5.69 Å². The summed E-state index contributed by atoms with van der Waals surface area (Å²) in [6, 6.07) is 0. The van der Waals surface area contributed by atoms with Crippen LogP contribution in [0.1, 0.15) is 17.7 Å². The van der Waals surface area contributed by atoms with Crippen molar-refractivity contribution >= 4 is 5.82 Å². The molecule has 0 amide bonds. The Bertz CT molecular complexity index is 275. The van der Waals surface area contributed by atoms with Gasteiger partial charge in [0.15, 0.2) is 0 Å². The molecule has 0 spiro atoms. The van der Waals surface area contributed by atoms with Crippen molar-refractivity contribution in [3.8, 4) is 0 Å². The molecule has 2 rings (SSSR count). The lowest BCUT2D eigenvalue weighted by atomic mass is 10.2. The molecule has 0 saturated heterocycles. The first-order valence-electron chi connectivity index (χ1n) is 4.05. The number of aromatic nitrogens is 2. The summed E-state index contributed by atoms with van der Waals surface area (Å²) < 4.78 is 1.93. The van der Waals surface area contributed by atoms with Crippen LogP contribution in [0, 0.1) is 0 Å². The zero-order chi connectivity index (χ0) is 7.84. The number of rotatable bonds is 1. The van der Waals surface area contributed by atoms with Gasteiger partial charge in [0.25, 0.3) is 0 Å². The highest BCUT2D eigenvalue weighted by atomic mass is 15.3. The van der Waals surface area contributed by atoms with Gasteiger partial charge in [0, 0.05) is 19.7 Å². The number of hydrogen-bond acceptors (Lipinski definition) is 2. The smallest absolute Gasteiger partial charge is 0.127 e. The standard InChI is InChI=1S/C8H13N3/c1-9-8-6-4-3-5-7(6)10-11(8)2/h9H,3-5H2,1-2H3. The van der Waals surface area contributed by atoms with Crippen LogP contribution in [0.3, 0.4) is 0 Å². The fourth-order valence-electron chi connectivity index (χ4n) is 1.83. The molecule has 0 fully saturated rings. The fourth-order valence-corrected chi connectivity index (χ4v) is 1.83. The first kappa shape index (κ1) is 6.70. The van der Waals surface area contributed by atoms with Gasteiger partial charge in [-0.2, -0.15) is 5.10 Å². The molecule has 60 valence electrons. The zero-order valence-electron chi connectivity index (χ0n) is 7.02. The quantitative estimate of drug-likeness (QED) is 0.647. The topological polar surface area (TPSA) is 29.9 Å². The van der Waals surface area contributed by atoms with Crippen molar-refractivity contribution in [1.82, 2.24) is 9.78 Å². The average Bonchev–Trinajstić information content (AvgIpc) is 2.46. The van der Waals surface area contributed by atoms with E-state index in [-0.39, 0.29) is 0 Å². The molecule has 1 aliphatic carbocycles. The molecule has 0 unspecified atom stereocenters. The van der Waals surface area contributed by atoms with Crippen LogP contribution in [0.15, 0.2) is 0 Å². The molecule has 1 N–H and O–H groups in total. The minimum atomic E-state index is 1.16. The number of nitrogens with one attached hydrogen (secondary N) is 1. The van der Waals surface area contributed by atoms with Crippen molar-refractivity contribution in [3.63, 3.8) is 0 Å². The van der Waals surface area contributed by atoms with Crippen LogP contribution >= 0.6 is 0 Å². The van der Waals surface area contributed by atoms with Gasteiger partial charge in [-0.15, -0.1) is 0 Å². The summed E-state index contributed by atoms with van der Waals surface area (Å²) in [5.74, 6) is 1.19. The van der Waals surface area contributed by atoms with E-state index in [1.165, 1.54) is 29.9 Å². The molecule has 3 heteroatoms. The molecular formula is C8H13N3. The van der Waals surface area contributed by atoms with E-state index in [4.69, 9.17) is 0 Å². The second kappa shape index (κ2) is 2.26. The van der Waals surface area contributed by atoms with Crippen molar-refractivity contribution < 1.29 is 0 Å². The first-order valence-corrected chi connectivity index (χ1v) is 4.05. The minimum Gasteiger partial charge on any atom is -0.373 e. The van der Waals surface area contributed by atoms with Gasteiger partial charge >= 0.3 is 0 Å². The summed E-state index contributed by atoms with van der Waals surface area (Å²) in [5, 5.41) is 7.59. The van der Waals surface area contributed by atoms with E-state index in [9.17, 15) is 0 Å². The summed E-state index contributed by atoms with van der Waals surface area (Å²) in [5.41, 5.74) is 2.71. The molecule has 0 saturated carbocycles. The number of fused-ring (bicyclic) bond motifs is 1. The monoisotopic (exact) mass is 151 g/mol. The van der Waals surface area contributed by atoms with Crippen molar-refractivity contribution in [3.05, 3.63) is 11.3 Å². The third kappa shape index (κ3) is 0.836. The van der Waals surface area contributed by atoms with E-state index in [0.29, 0.717) is 0 Å². The molecule has 1 aliphatic rings. The third-order valence-electron chi connectivity index (χ3n) is 2.31. The van der Waals surface area contributed by atoms with Crippen LogP contribution in [-0.2, 0) is 19.9 Å². The largest absolute Gasteiger partial charge is 0.373 e. The van der Waals surface area contributed by atoms with Crippen LogP contribution < -0.4 is 5.32 Å². The Morgan fingerprint density at radius 1 is 1.45 bits per heavy atom. The van der Waals surface area contributed by atoms with Crippen molar-refractivity contribution in [1.29, 1.82) is 0 Å². The Kier molecular flexibility index (Phi) is 1.37. The first-order chi connectivity index (χ1) is 5.33. The van der Waals surface area contributed by atoms with E-state index in [0.717, 1.165) is 6.42 Å². The number of nitrogens with zero attached hydrogens (tertiary/aromatic N) is 2. The van der Waals surface area contributed by atoms with Crippen molar-refractivity contribution in [2.75, 3.05) is 12.4 Å². The summed E-state index contributed by atoms with van der Waals surface area (Å²) in [6.07, 6.45) is 3.62. The van der Waals surface area contributed by atoms with Gasteiger partial charge in [-0.25, -0.2) is 0 Å². The maximum atomic E-state index is 4.42. The second-order valence-electron chi connectivity index (χ2n) is 3.00. The van der Waals surface area contributed by atoms with Crippen LogP contribution in [0.5, 0.6) is 0 Å². The molecule has 1 aromatic heterocycles. The fraction of sp³-hybridized carbons (Fsp3) is 0.625. The van der Waals surface area contributed by atoms with Crippen LogP contribution in [0.25, 0.3) is 0 Å². The van der Waals surface area contributed by atoms with Crippen LogP contribution in [-0.4, -0.2) is 16.8 Å². The molecule has 0 bridgehead atoms. The van der Waals surface area contributed by atoms with Gasteiger partial charge in [-0.05, 0) is 19.3 Å². The molecule has 0 atom stereocenters.